The number of rotatable bonds is 8. The van der Waals surface area contributed by atoms with Crippen molar-refractivity contribution >= 4 is 17.7 Å². The second-order valence-corrected chi connectivity index (χ2v) is 8.68. The SMILES string of the molecule is COc1ccc(-c2nnc(SCC(=O)N3CCCC3c3cc(OC)ccc3OC)n2C)cc1. The zero-order valence-corrected chi connectivity index (χ0v) is 20.1. The minimum absolute atomic E-state index is 0.0301. The number of carbonyl (C=O) groups excluding carboxylic acids is 1. The molecule has 0 bridgehead atoms. The van der Waals surface area contributed by atoms with Gasteiger partial charge in [-0.1, -0.05) is 11.8 Å². The van der Waals surface area contributed by atoms with Crippen LogP contribution >= 0.6 is 11.8 Å². The highest BCUT2D eigenvalue weighted by Crippen LogP contribution is 2.39. The minimum atomic E-state index is -0.0301. The summed E-state index contributed by atoms with van der Waals surface area (Å²) in [5.41, 5.74) is 1.92. The van der Waals surface area contributed by atoms with Gasteiger partial charge >= 0.3 is 0 Å². The Labute approximate surface area is 197 Å². The van der Waals surface area contributed by atoms with E-state index in [1.165, 1.54) is 11.8 Å². The summed E-state index contributed by atoms with van der Waals surface area (Å²) in [5, 5.41) is 9.31. The monoisotopic (exact) mass is 468 g/mol. The number of ether oxygens (including phenoxy) is 3. The summed E-state index contributed by atoms with van der Waals surface area (Å²) in [6.45, 7) is 0.723. The van der Waals surface area contributed by atoms with Gasteiger partial charge in [0.1, 0.15) is 17.2 Å². The molecule has 1 unspecified atom stereocenters. The van der Waals surface area contributed by atoms with Crippen LogP contribution in [0.4, 0.5) is 0 Å². The van der Waals surface area contributed by atoms with Crippen molar-refractivity contribution in [3.63, 3.8) is 0 Å². The number of carbonyl (C=O) groups is 1. The first-order valence-corrected chi connectivity index (χ1v) is 11.7. The summed E-state index contributed by atoms with van der Waals surface area (Å²) in [4.78, 5) is 15.1. The zero-order chi connectivity index (χ0) is 23.4. The fourth-order valence-corrected chi connectivity index (χ4v) is 4.93. The van der Waals surface area contributed by atoms with Crippen LogP contribution in [-0.2, 0) is 11.8 Å². The van der Waals surface area contributed by atoms with Gasteiger partial charge < -0.3 is 23.7 Å². The van der Waals surface area contributed by atoms with Crippen molar-refractivity contribution in [1.82, 2.24) is 19.7 Å². The average Bonchev–Trinajstić information content (AvgIpc) is 3.49. The molecule has 0 saturated carbocycles. The fraction of sp³-hybridized carbons (Fsp3) is 0.375. The van der Waals surface area contributed by atoms with Crippen LogP contribution in [0.2, 0.25) is 0 Å². The Balaban J connectivity index is 1.46. The molecule has 1 aliphatic heterocycles. The summed E-state index contributed by atoms with van der Waals surface area (Å²) in [5.74, 6) is 3.41. The average molecular weight is 469 g/mol. The largest absolute Gasteiger partial charge is 0.497 e. The van der Waals surface area contributed by atoms with Gasteiger partial charge in [-0.15, -0.1) is 10.2 Å². The number of benzene rings is 2. The Morgan fingerprint density at radius 3 is 2.45 bits per heavy atom. The van der Waals surface area contributed by atoms with Crippen molar-refractivity contribution in [2.45, 2.75) is 24.0 Å². The van der Waals surface area contributed by atoms with Gasteiger partial charge in [0.25, 0.3) is 0 Å². The number of likely N-dealkylation sites (tertiary alicyclic amines) is 1. The van der Waals surface area contributed by atoms with Crippen LogP contribution in [0, 0.1) is 0 Å². The topological polar surface area (TPSA) is 78.7 Å². The smallest absolute Gasteiger partial charge is 0.233 e. The van der Waals surface area contributed by atoms with Crippen molar-refractivity contribution in [3.05, 3.63) is 48.0 Å². The lowest BCUT2D eigenvalue weighted by Crippen LogP contribution is -2.32. The second kappa shape index (κ2) is 10.2. The van der Waals surface area contributed by atoms with Crippen LogP contribution in [0.3, 0.4) is 0 Å². The maximum atomic E-state index is 13.2. The molecule has 1 fully saturated rings. The predicted molar refractivity (Wildman–Crippen MR) is 127 cm³/mol. The zero-order valence-electron chi connectivity index (χ0n) is 19.3. The van der Waals surface area contributed by atoms with Crippen molar-refractivity contribution in [2.24, 2.45) is 7.05 Å². The Kier molecular flexibility index (Phi) is 7.08. The summed E-state index contributed by atoms with van der Waals surface area (Å²) < 4.78 is 18.1. The number of aromatic nitrogens is 3. The van der Waals surface area contributed by atoms with Crippen LogP contribution in [0.1, 0.15) is 24.4 Å². The predicted octanol–water partition coefficient (Wildman–Crippen LogP) is 3.96. The molecule has 0 aliphatic carbocycles. The normalized spacial score (nSPS) is 15.5. The first-order valence-electron chi connectivity index (χ1n) is 10.7. The maximum Gasteiger partial charge on any atom is 0.233 e. The highest BCUT2D eigenvalue weighted by molar-refractivity contribution is 7.99. The quantitative estimate of drug-likeness (QED) is 0.463. The van der Waals surface area contributed by atoms with Gasteiger partial charge in [-0.25, -0.2) is 0 Å². The molecule has 4 rings (SSSR count). The summed E-state index contributed by atoms with van der Waals surface area (Å²) in [6.07, 6.45) is 1.85. The molecule has 8 nitrogen and oxygen atoms in total. The van der Waals surface area contributed by atoms with Crippen LogP contribution in [0.5, 0.6) is 17.2 Å². The van der Waals surface area contributed by atoms with Gasteiger partial charge in [0, 0.05) is 24.7 Å². The number of hydrogen-bond donors (Lipinski definition) is 0. The highest BCUT2D eigenvalue weighted by Gasteiger charge is 2.32. The highest BCUT2D eigenvalue weighted by atomic mass is 32.2. The van der Waals surface area contributed by atoms with E-state index in [9.17, 15) is 4.79 Å². The van der Waals surface area contributed by atoms with Crippen LogP contribution < -0.4 is 14.2 Å². The van der Waals surface area contributed by atoms with Crippen LogP contribution in [0.25, 0.3) is 11.4 Å². The van der Waals surface area contributed by atoms with E-state index in [4.69, 9.17) is 14.2 Å². The lowest BCUT2D eigenvalue weighted by atomic mass is 10.0. The number of thioether (sulfide) groups is 1. The lowest BCUT2D eigenvalue weighted by Gasteiger charge is -2.26. The standard InChI is InChI=1S/C24H28N4O4S/c1-27-23(16-7-9-17(30-2)10-8-16)25-26-24(27)33-15-22(29)28-13-5-6-20(28)19-14-18(31-3)11-12-21(19)32-4/h7-12,14,20H,5-6,13,15H2,1-4H3. The third-order valence-electron chi connectivity index (χ3n) is 5.88. The first-order chi connectivity index (χ1) is 16.0. The molecule has 9 heteroatoms. The Morgan fingerprint density at radius 1 is 1.03 bits per heavy atom. The van der Waals surface area contributed by atoms with Gasteiger partial charge in [-0.2, -0.15) is 0 Å². The first kappa shape index (κ1) is 23.0. The molecule has 1 aromatic heterocycles. The molecule has 1 saturated heterocycles. The maximum absolute atomic E-state index is 13.2. The molecule has 2 aromatic carbocycles. The molecule has 1 amide bonds. The lowest BCUT2D eigenvalue weighted by molar-refractivity contribution is -0.129. The van der Waals surface area contributed by atoms with E-state index in [0.29, 0.717) is 5.16 Å². The third kappa shape index (κ3) is 4.78. The molecular weight excluding hydrogens is 440 g/mol. The molecule has 3 aromatic rings. The van der Waals surface area contributed by atoms with E-state index in [2.05, 4.69) is 10.2 Å². The van der Waals surface area contributed by atoms with Gasteiger partial charge in [0.05, 0.1) is 33.1 Å². The number of methoxy groups -OCH3 is 3. The van der Waals surface area contributed by atoms with E-state index in [-0.39, 0.29) is 17.7 Å². The number of hydrogen-bond acceptors (Lipinski definition) is 7. The van der Waals surface area contributed by atoms with Crippen molar-refractivity contribution < 1.29 is 19.0 Å². The molecule has 33 heavy (non-hydrogen) atoms. The summed E-state index contributed by atoms with van der Waals surface area (Å²) in [7, 11) is 6.84. The Bertz CT molecular complexity index is 1120. The van der Waals surface area contributed by atoms with E-state index in [1.807, 2.05) is 59.0 Å². The molecule has 174 valence electrons. The molecule has 1 aliphatic rings. The van der Waals surface area contributed by atoms with E-state index in [0.717, 1.165) is 53.6 Å². The minimum Gasteiger partial charge on any atom is -0.497 e. The summed E-state index contributed by atoms with van der Waals surface area (Å²) >= 11 is 1.40. The van der Waals surface area contributed by atoms with Crippen molar-refractivity contribution in [2.75, 3.05) is 33.6 Å². The Morgan fingerprint density at radius 2 is 1.76 bits per heavy atom. The molecule has 0 radical (unpaired) electrons. The van der Waals surface area contributed by atoms with Crippen molar-refractivity contribution in [1.29, 1.82) is 0 Å². The van der Waals surface area contributed by atoms with Crippen LogP contribution in [0.15, 0.2) is 47.6 Å². The van der Waals surface area contributed by atoms with Gasteiger partial charge in [-0.3, -0.25) is 4.79 Å². The van der Waals surface area contributed by atoms with Gasteiger partial charge in [0.15, 0.2) is 11.0 Å². The molecule has 2 heterocycles. The molecule has 1 atom stereocenters. The summed E-state index contributed by atoms with van der Waals surface area (Å²) in [6, 6.07) is 13.4. The van der Waals surface area contributed by atoms with Crippen LogP contribution in [-0.4, -0.2) is 59.2 Å². The van der Waals surface area contributed by atoms with Crippen molar-refractivity contribution in [3.8, 4) is 28.6 Å². The number of nitrogens with zero attached hydrogens (tertiary/aromatic N) is 4. The van der Waals surface area contributed by atoms with E-state index < -0.39 is 0 Å². The third-order valence-corrected chi connectivity index (χ3v) is 6.88. The molecule has 0 spiro atoms. The van der Waals surface area contributed by atoms with Gasteiger partial charge in [-0.05, 0) is 55.3 Å². The second-order valence-electron chi connectivity index (χ2n) is 7.74. The van der Waals surface area contributed by atoms with E-state index >= 15 is 0 Å². The fourth-order valence-electron chi connectivity index (χ4n) is 4.13. The molecule has 0 N–H and O–H groups in total. The Hall–Kier alpha value is -3.20. The molecular formula is C24H28N4O4S. The number of amides is 1. The van der Waals surface area contributed by atoms with E-state index in [1.54, 1.807) is 21.3 Å². The van der Waals surface area contributed by atoms with Gasteiger partial charge in [0.2, 0.25) is 5.91 Å².